The van der Waals surface area contributed by atoms with Gasteiger partial charge in [-0.3, -0.25) is 4.79 Å². The number of hydrogen-bond donors (Lipinski definition) is 2. The van der Waals surface area contributed by atoms with E-state index in [1.54, 1.807) is 4.90 Å². The Labute approximate surface area is 167 Å². The van der Waals surface area contributed by atoms with E-state index in [-0.39, 0.29) is 5.91 Å². The summed E-state index contributed by atoms with van der Waals surface area (Å²) in [7, 11) is 1.83. The minimum atomic E-state index is 0.142. The second kappa shape index (κ2) is 8.33. The van der Waals surface area contributed by atoms with Crippen molar-refractivity contribution in [1.29, 1.82) is 0 Å². The Morgan fingerprint density at radius 3 is 2.86 bits per heavy atom. The van der Waals surface area contributed by atoms with Crippen molar-refractivity contribution < 1.29 is 9.53 Å². The Kier molecular flexibility index (Phi) is 5.64. The molecular weight excluding hydrogens is 350 g/mol. The smallest absolute Gasteiger partial charge is 0.231 e. The number of hydrogen-bond acceptors (Lipinski definition) is 4. The van der Waals surface area contributed by atoms with Crippen molar-refractivity contribution >= 4 is 11.6 Å². The molecule has 2 aliphatic heterocycles. The number of piperidine rings is 1. The standard InChI is InChI=1S/C23H29N3O2/c1-3-28-21-14-20-17(13-22(27)26(20)2)12-18(21)15-25-19-10-7-11-24-23(19)16-8-5-4-6-9-16/h4-6,8-9,12,14,19,23-25H,3,7,10-11,13,15H2,1-2H3. The number of fused-ring (bicyclic) bond motifs is 1. The Bertz CT molecular complexity index is 837. The average Bonchev–Trinajstić information content (AvgIpc) is 3.00. The van der Waals surface area contributed by atoms with Gasteiger partial charge in [-0.2, -0.15) is 0 Å². The van der Waals surface area contributed by atoms with E-state index in [4.69, 9.17) is 4.74 Å². The first-order valence-electron chi connectivity index (χ1n) is 10.2. The van der Waals surface area contributed by atoms with Gasteiger partial charge in [0, 0.05) is 37.3 Å². The molecule has 0 spiro atoms. The molecule has 0 bridgehead atoms. The maximum absolute atomic E-state index is 12.1. The number of ether oxygens (including phenoxy) is 1. The third-order valence-corrected chi connectivity index (χ3v) is 5.81. The van der Waals surface area contributed by atoms with Crippen LogP contribution in [-0.2, 0) is 17.8 Å². The van der Waals surface area contributed by atoms with Gasteiger partial charge in [-0.05, 0) is 43.5 Å². The van der Waals surface area contributed by atoms with Gasteiger partial charge >= 0.3 is 0 Å². The molecule has 5 heteroatoms. The van der Waals surface area contributed by atoms with Crippen molar-refractivity contribution in [2.75, 3.05) is 25.1 Å². The van der Waals surface area contributed by atoms with Crippen LogP contribution >= 0.6 is 0 Å². The van der Waals surface area contributed by atoms with Crippen LogP contribution in [0.3, 0.4) is 0 Å². The maximum Gasteiger partial charge on any atom is 0.231 e. The summed E-state index contributed by atoms with van der Waals surface area (Å²) in [6.45, 7) is 4.39. The molecule has 2 unspecified atom stereocenters. The minimum Gasteiger partial charge on any atom is -0.493 e. The summed E-state index contributed by atoms with van der Waals surface area (Å²) in [5.41, 5.74) is 4.51. The number of benzene rings is 2. The van der Waals surface area contributed by atoms with Crippen molar-refractivity contribution in [2.24, 2.45) is 0 Å². The fourth-order valence-electron chi connectivity index (χ4n) is 4.32. The summed E-state index contributed by atoms with van der Waals surface area (Å²) in [4.78, 5) is 13.8. The van der Waals surface area contributed by atoms with Crippen molar-refractivity contribution in [1.82, 2.24) is 10.6 Å². The Morgan fingerprint density at radius 1 is 1.25 bits per heavy atom. The number of nitrogens with zero attached hydrogens (tertiary/aromatic N) is 1. The predicted octanol–water partition coefficient (Wildman–Crippen LogP) is 3.19. The summed E-state index contributed by atoms with van der Waals surface area (Å²) in [6, 6.07) is 15.5. The van der Waals surface area contributed by atoms with Gasteiger partial charge in [0.1, 0.15) is 5.75 Å². The van der Waals surface area contributed by atoms with Gasteiger partial charge in [0.05, 0.1) is 18.7 Å². The zero-order valence-corrected chi connectivity index (χ0v) is 16.7. The van der Waals surface area contributed by atoms with Crippen LogP contribution in [0.25, 0.3) is 0 Å². The highest BCUT2D eigenvalue weighted by molar-refractivity contribution is 6.01. The Hall–Kier alpha value is -2.37. The van der Waals surface area contributed by atoms with E-state index in [0.29, 0.717) is 25.1 Å². The SMILES string of the molecule is CCOc1cc2c(cc1CNC1CCCNC1c1ccccc1)CC(=O)N2C. The average molecular weight is 380 g/mol. The number of likely N-dealkylation sites (N-methyl/N-ethyl adjacent to an activating group) is 1. The zero-order valence-electron chi connectivity index (χ0n) is 16.7. The normalized spacial score (nSPS) is 21.6. The zero-order chi connectivity index (χ0) is 19.5. The largest absolute Gasteiger partial charge is 0.493 e. The topological polar surface area (TPSA) is 53.6 Å². The molecule has 0 aromatic heterocycles. The van der Waals surface area contributed by atoms with E-state index in [2.05, 4.69) is 47.0 Å². The van der Waals surface area contributed by atoms with Crippen LogP contribution in [0.4, 0.5) is 5.69 Å². The van der Waals surface area contributed by atoms with Crippen LogP contribution in [-0.4, -0.2) is 32.1 Å². The fourth-order valence-corrected chi connectivity index (χ4v) is 4.32. The van der Waals surface area contributed by atoms with E-state index in [0.717, 1.165) is 42.1 Å². The molecule has 2 aromatic rings. The first-order chi connectivity index (χ1) is 13.7. The Morgan fingerprint density at radius 2 is 2.07 bits per heavy atom. The van der Waals surface area contributed by atoms with Crippen molar-refractivity contribution in [3.63, 3.8) is 0 Å². The van der Waals surface area contributed by atoms with Crippen molar-refractivity contribution in [3.8, 4) is 5.75 Å². The lowest BCUT2D eigenvalue weighted by Crippen LogP contribution is -2.45. The lowest BCUT2D eigenvalue weighted by atomic mass is 9.92. The summed E-state index contributed by atoms with van der Waals surface area (Å²) in [5, 5.41) is 7.43. The number of amides is 1. The highest BCUT2D eigenvalue weighted by Crippen LogP contribution is 2.35. The monoisotopic (exact) mass is 379 g/mol. The fraction of sp³-hybridized carbons (Fsp3) is 0.435. The van der Waals surface area contributed by atoms with Crippen LogP contribution in [0.5, 0.6) is 5.75 Å². The molecule has 1 saturated heterocycles. The van der Waals surface area contributed by atoms with Crippen LogP contribution in [0.2, 0.25) is 0 Å². The lowest BCUT2D eigenvalue weighted by molar-refractivity contribution is -0.117. The summed E-state index contributed by atoms with van der Waals surface area (Å²) >= 11 is 0. The minimum absolute atomic E-state index is 0.142. The van der Waals surface area contributed by atoms with Crippen molar-refractivity contribution in [2.45, 2.75) is 44.8 Å². The molecule has 148 valence electrons. The highest BCUT2D eigenvalue weighted by atomic mass is 16.5. The van der Waals surface area contributed by atoms with E-state index in [9.17, 15) is 4.79 Å². The first-order valence-corrected chi connectivity index (χ1v) is 10.2. The van der Waals surface area contributed by atoms with E-state index >= 15 is 0 Å². The van der Waals surface area contributed by atoms with Crippen LogP contribution in [0.1, 0.15) is 42.5 Å². The molecule has 1 fully saturated rings. The predicted molar refractivity (Wildman–Crippen MR) is 112 cm³/mol. The van der Waals surface area contributed by atoms with Crippen LogP contribution in [0.15, 0.2) is 42.5 Å². The molecule has 1 amide bonds. The molecule has 2 aromatic carbocycles. The molecule has 2 aliphatic rings. The molecule has 4 rings (SSSR count). The molecule has 28 heavy (non-hydrogen) atoms. The number of carbonyl (C=O) groups excluding carboxylic acids is 1. The second-order valence-corrected chi connectivity index (χ2v) is 7.62. The van der Waals surface area contributed by atoms with Gasteiger partial charge in [0.2, 0.25) is 5.91 Å². The van der Waals surface area contributed by atoms with Crippen LogP contribution in [0, 0.1) is 0 Å². The van der Waals surface area contributed by atoms with Gasteiger partial charge < -0.3 is 20.3 Å². The molecule has 0 radical (unpaired) electrons. The first kappa shape index (κ1) is 19.0. The lowest BCUT2D eigenvalue weighted by Gasteiger charge is -2.34. The van der Waals surface area contributed by atoms with Gasteiger partial charge in [-0.15, -0.1) is 0 Å². The van der Waals surface area contributed by atoms with Gasteiger partial charge in [-0.25, -0.2) is 0 Å². The third kappa shape index (κ3) is 3.77. The molecular formula is C23H29N3O2. The van der Waals surface area contributed by atoms with Crippen LogP contribution < -0.4 is 20.3 Å². The number of rotatable bonds is 6. The quantitative estimate of drug-likeness (QED) is 0.809. The maximum atomic E-state index is 12.1. The third-order valence-electron chi connectivity index (χ3n) is 5.81. The molecule has 0 aliphatic carbocycles. The summed E-state index contributed by atoms with van der Waals surface area (Å²) in [6.07, 6.45) is 2.79. The van der Waals surface area contributed by atoms with Gasteiger partial charge in [-0.1, -0.05) is 30.3 Å². The number of anilines is 1. The molecule has 5 nitrogen and oxygen atoms in total. The molecule has 2 heterocycles. The van der Waals surface area contributed by atoms with E-state index in [1.807, 2.05) is 20.0 Å². The summed E-state index contributed by atoms with van der Waals surface area (Å²) < 4.78 is 5.90. The summed E-state index contributed by atoms with van der Waals surface area (Å²) in [5.74, 6) is 1.01. The Balaban J connectivity index is 1.53. The highest BCUT2D eigenvalue weighted by Gasteiger charge is 2.28. The van der Waals surface area contributed by atoms with E-state index in [1.165, 1.54) is 12.0 Å². The molecule has 2 N–H and O–H groups in total. The van der Waals surface area contributed by atoms with Crippen molar-refractivity contribution in [3.05, 3.63) is 59.2 Å². The second-order valence-electron chi connectivity index (χ2n) is 7.62. The molecule has 0 saturated carbocycles. The van der Waals surface area contributed by atoms with Gasteiger partial charge in [0.25, 0.3) is 0 Å². The van der Waals surface area contributed by atoms with E-state index < -0.39 is 0 Å². The number of carbonyl (C=O) groups is 1. The number of nitrogens with one attached hydrogen (secondary N) is 2. The van der Waals surface area contributed by atoms with Gasteiger partial charge in [0.15, 0.2) is 0 Å². The molecule has 2 atom stereocenters.